The molecule has 0 aliphatic rings. The number of nitrogens with one attached hydrogen (secondary N) is 2. The summed E-state index contributed by atoms with van der Waals surface area (Å²) in [5, 5.41) is 9.46. The molecule has 0 saturated heterocycles. The number of hydrogen-bond acceptors (Lipinski definition) is 3. The molecule has 2 aromatic heterocycles. The molecule has 0 aromatic carbocycles. The summed E-state index contributed by atoms with van der Waals surface area (Å²) in [5.74, 6) is 0.497. The Morgan fingerprint density at radius 2 is 2.17 bits per heavy atom. The van der Waals surface area contributed by atoms with Crippen LogP contribution in [0, 0.1) is 12.8 Å². The molecule has 1 amide bonds. The highest BCUT2D eigenvalue weighted by molar-refractivity contribution is 5.91. The van der Waals surface area contributed by atoms with Crippen molar-refractivity contribution >= 4 is 11.7 Å². The van der Waals surface area contributed by atoms with Crippen molar-refractivity contribution in [2.45, 2.75) is 20.8 Å². The maximum atomic E-state index is 11.6. The van der Waals surface area contributed by atoms with Crippen molar-refractivity contribution in [3.05, 3.63) is 30.2 Å². The van der Waals surface area contributed by atoms with E-state index in [0.29, 0.717) is 5.82 Å². The van der Waals surface area contributed by atoms with E-state index >= 15 is 0 Å². The lowest BCUT2D eigenvalue weighted by atomic mass is 10.1. The van der Waals surface area contributed by atoms with Crippen LogP contribution in [0.25, 0.3) is 11.1 Å². The number of amides is 1. The van der Waals surface area contributed by atoms with Crippen molar-refractivity contribution in [3.8, 4) is 11.1 Å². The molecule has 2 heterocycles. The Bertz CT molecular complexity index is 546. The smallest absolute Gasteiger partial charge is 0.228 e. The third-order valence-corrected chi connectivity index (χ3v) is 2.67. The van der Waals surface area contributed by atoms with Gasteiger partial charge >= 0.3 is 0 Å². The topological polar surface area (TPSA) is 70.7 Å². The highest BCUT2D eigenvalue weighted by Crippen LogP contribution is 2.22. The number of aryl methyl sites for hydroxylation is 1. The first kappa shape index (κ1) is 12.3. The number of carbonyl (C=O) groups excluding carboxylic acids is 1. The summed E-state index contributed by atoms with van der Waals surface area (Å²) < 4.78 is 0. The SMILES string of the molecule is Cc1nc(NC(=O)C(C)C)ccc1-c1cn[nH]c1. The summed E-state index contributed by atoms with van der Waals surface area (Å²) in [4.78, 5) is 15.9. The van der Waals surface area contributed by atoms with Crippen molar-refractivity contribution in [2.24, 2.45) is 5.92 Å². The van der Waals surface area contributed by atoms with Gasteiger partial charge in [-0.1, -0.05) is 13.8 Å². The fourth-order valence-electron chi connectivity index (χ4n) is 1.60. The van der Waals surface area contributed by atoms with E-state index in [1.165, 1.54) is 0 Å². The van der Waals surface area contributed by atoms with Crippen LogP contribution in [-0.2, 0) is 4.79 Å². The van der Waals surface area contributed by atoms with Crippen molar-refractivity contribution in [3.63, 3.8) is 0 Å². The number of aromatic amines is 1. The predicted octanol–water partition coefficient (Wildman–Crippen LogP) is 2.37. The van der Waals surface area contributed by atoms with E-state index in [2.05, 4.69) is 20.5 Å². The second-order valence-electron chi connectivity index (χ2n) is 4.46. The van der Waals surface area contributed by atoms with Crippen LogP contribution < -0.4 is 5.32 Å². The maximum Gasteiger partial charge on any atom is 0.228 e. The van der Waals surface area contributed by atoms with E-state index in [9.17, 15) is 4.79 Å². The molecular formula is C13H16N4O. The van der Waals surface area contributed by atoms with Crippen LogP contribution in [0.15, 0.2) is 24.5 Å². The monoisotopic (exact) mass is 244 g/mol. The number of carbonyl (C=O) groups is 1. The quantitative estimate of drug-likeness (QED) is 0.870. The number of pyridine rings is 1. The molecular weight excluding hydrogens is 228 g/mol. The van der Waals surface area contributed by atoms with Crippen LogP contribution in [-0.4, -0.2) is 21.1 Å². The summed E-state index contributed by atoms with van der Waals surface area (Å²) >= 11 is 0. The fourth-order valence-corrected chi connectivity index (χ4v) is 1.60. The highest BCUT2D eigenvalue weighted by Gasteiger charge is 2.10. The van der Waals surface area contributed by atoms with E-state index in [4.69, 9.17) is 0 Å². The van der Waals surface area contributed by atoms with Crippen molar-refractivity contribution in [1.82, 2.24) is 15.2 Å². The lowest BCUT2D eigenvalue weighted by Gasteiger charge is -2.09. The van der Waals surface area contributed by atoms with Gasteiger partial charge in [0.2, 0.25) is 5.91 Å². The van der Waals surface area contributed by atoms with E-state index in [0.717, 1.165) is 16.8 Å². The van der Waals surface area contributed by atoms with Crippen molar-refractivity contribution in [1.29, 1.82) is 0 Å². The Labute approximate surface area is 106 Å². The summed E-state index contributed by atoms with van der Waals surface area (Å²) in [5.41, 5.74) is 2.85. The second kappa shape index (κ2) is 5.00. The molecule has 5 nitrogen and oxygen atoms in total. The van der Waals surface area contributed by atoms with Gasteiger partial charge in [-0.2, -0.15) is 5.10 Å². The molecule has 2 rings (SSSR count). The number of aromatic nitrogens is 3. The van der Waals surface area contributed by atoms with Gasteiger partial charge in [0.1, 0.15) is 5.82 Å². The summed E-state index contributed by atoms with van der Waals surface area (Å²) in [7, 11) is 0. The third kappa shape index (κ3) is 2.56. The average molecular weight is 244 g/mol. The van der Waals surface area contributed by atoms with Crippen molar-refractivity contribution < 1.29 is 4.79 Å². The van der Waals surface area contributed by atoms with Gasteiger partial charge in [-0.3, -0.25) is 9.89 Å². The minimum absolute atomic E-state index is 0.0297. The Morgan fingerprint density at radius 3 is 2.72 bits per heavy atom. The van der Waals surface area contributed by atoms with Crippen LogP contribution >= 0.6 is 0 Å². The van der Waals surface area contributed by atoms with Gasteiger partial charge in [-0.05, 0) is 19.1 Å². The molecule has 94 valence electrons. The van der Waals surface area contributed by atoms with Gasteiger partial charge in [0.25, 0.3) is 0 Å². The van der Waals surface area contributed by atoms with Gasteiger partial charge in [0.15, 0.2) is 0 Å². The first-order valence-corrected chi connectivity index (χ1v) is 5.85. The fraction of sp³-hybridized carbons (Fsp3) is 0.308. The maximum absolute atomic E-state index is 11.6. The lowest BCUT2D eigenvalue weighted by molar-refractivity contribution is -0.118. The Hall–Kier alpha value is -2.17. The van der Waals surface area contributed by atoms with Crippen LogP contribution in [0.2, 0.25) is 0 Å². The molecule has 0 bridgehead atoms. The molecule has 0 aliphatic carbocycles. The summed E-state index contributed by atoms with van der Waals surface area (Å²) in [6, 6.07) is 3.73. The molecule has 0 saturated carbocycles. The van der Waals surface area contributed by atoms with Gasteiger partial charge in [0, 0.05) is 28.9 Å². The third-order valence-electron chi connectivity index (χ3n) is 2.67. The zero-order valence-electron chi connectivity index (χ0n) is 10.7. The lowest BCUT2D eigenvalue weighted by Crippen LogP contribution is -2.18. The molecule has 2 aromatic rings. The van der Waals surface area contributed by atoms with E-state index in [1.807, 2.05) is 33.0 Å². The molecule has 0 radical (unpaired) electrons. The molecule has 0 aliphatic heterocycles. The van der Waals surface area contributed by atoms with Crippen LogP contribution in [0.4, 0.5) is 5.82 Å². The molecule has 0 atom stereocenters. The van der Waals surface area contributed by atoms with E-state index < -0.39 is 0 Å². The minimum Gasteiger partial charge on any atom is -0.310 e. The summed E-state index contributed by atoms with van der Waals surface area (Å²) in [6.45, 7) is 5.61. The van der Waals surface area contributed by atoms with E-state index in [-0.39, 0.29) is 11.8 Å². The zero-order valence-corrected chi connectivity index (χ0v) is 10.7. The van der Waals surface area contributed by atoms with Crippen LogP contribution in [0.3, 0.4) is 0 Å². The Morgan fingerprint density at radius 1 is 1.39 bits per heavy atom. The molecule has 0 fully saturated rings. The highest BCUT2D eigenvalue weighted by atomic mass is 16.1. The van der Waals surface area contributed by atoms with Crippen LogP contribution in [0.5, 0.6) is 0 Å². The minimum atomic E-state index is -0.0549. The van der Waals surface area contributed by atoms with Gasteiger partial charge in [-0.15, -0.1) is 0 Å². The number of H-pyrrole nitrogens is 1. The van der Waals surface area contributed by atoms with Gasteiger partial charge in [0.05, 0.1) is 6.20 Å². The largest absolute Gasteiger partial charge is 0.310 e. The first-order valence-electron chi connectivity index (χ1n) is 5.85. The number of anilines is 1. The number of hydrogen-bond donors (Lipinski definition) is 2. The van der Waals surface area contributed by atoms with Crippen LogP contribution in [0.1, 0.15) is 19.5 Å². The average Bonchev–Trinajstić information content (AvgIpc) is 2.82. The molecule has 0 spiro atoms. The predicted molar refractivity (Wildman–Crippen MR) is 70.0 cm³/mol. The molecule has 18 heavy (non-hydrogen) atoms. The molecule has 2 N–H and O–H groups in total. The number of nitrogens with zero attached hydrogens (tertiary/aromatic N) is 2. The Kier molecular flexibility index (Phi) is 3.41. The Balaban J connectivity index is 2.23. The molecule has 0 unspecified atom stereocenters. The standard InChI is InChI=1S/C13H16N4O/c1-8(2)13(18)17-12-5-4-11(9(3)16-12)10-6-14-15-7-10/h4-8H,1-3H3,(H,14,15)(H,16,17,18). The second-order valence-corrected chi connectivity index (χ2v) is 4.46. The van der Waals surface area contributed by atoms with Crippen molar-refractivity contribution in [2.75, 3.05) is 5.32 Å². The zero-order chi connectivity index (χ0) is 13.1. The van der Waals surface area contributed by atoms with Gasteiger partial charge in [-0.25, -0.2) is 4.98 Å². The summed E-state index contributed by atoms with van der Waals surface area (Å²) in [6.07, 6.45) is 3.56. The number of rotatable bonds is 3. The van der Waals surface area contributed by atoms with E-state index in [1.54, 1.807) is 12.3 Å². The van der Waals surface area contributed by atoms with Gasteiger partial charge < -0.3 is 5.32 Å². The first-order chi connectivity index (χ1) is 8.58. The molecule has 5 heteroatoms. The normalized spacial score (nSPS) is 10.7.